The molecule has 1 heterocycles. The molecule has 0 aliphatic carbocycles. The van der Waals surface area contributed by atoms with Gasteiger partial charge in [0.25, 0.3) is 0 Å². The fourth-order valence-electron chi connectivity index (χ4n) is 3.55. The highest BCUT2D eigenvalue weighted by molar-refractivity contribution is 5.45. The lowest BCUT2D eigenvalue weighted by Gasteiger charge is -2.16. The number of hydrogen-bond donors (Lipinski definition) is 0. The largest absolute Gasteiger partial charge is 0.327 e. The number of benzene rings is 3. The molecule has 2 nitrogen and oxygen atoms in total. The fourth-order valence-corrected chi connectivity index (χ4v) is 3.55. The summed E-state index contributed by atoms with van der Waals surface area (Å²) in [5, 5.41) is 0. The summed E-state index contributed by atoms with van der Waals surface area (Å²) in [5.74, 6) is -0.0283. The van der Waals surface area contributed by atoms with E-state index in [2.05, 4.69) is 58.1 Å². The first-order valence-electron chi connectivity index (χ1n) is 9.80. The molecule has 4 rings (SSSR count). The van der Waals surface area contributed by atoms with E-state index in [1.807, 2.05) is 48.9 Å². The summed E-state index contributed by atoms with van der Waals surface area (Å²) >= 11 is 0. The summed E-state index contributed by atoms with van der Waals surface area (Å²) in [6, 6.07) is 27.5. The van der Waals surface area contributed by atoms with Crippen LogP contribution in [-0.2, 0) is 6.54 Å². The van der Waals surface area contributed by atoms with Crippen molar-refractivity contribution < 1.29 is 4.39 Å². The minimum Gasteiger partial charge on any atom is -0.327 e. The van der Waals surface area contributed by atoms with E-state index in [4.69, 9.17) is 0 Å². The summed E-state index contributed by atoms with van der Waals surface area (Å²) in [6.07, 6.45) is 8.87. The number of imidazole rings is 1. The van der Waals surface area contributed by atoms with E-state index in [1.54, 1.807) is 0 Å². The highest BCUT2D eigenvalue weighted by Gasteiger charge is 2.12. The monoisotopic (exact) mass is 382 g/mol. The zero-order valence-electron chi connectivity index (χ0n) is 16.2. The Bertz CT molecular complexity index is 1050. The lowest BCUT2D eigenvalue weighted by molar-refractivity contribution is 0.626. The van der Waals surface area contributed by atoms with Crippen LogP contribution in [0.5, 0.6) is 0 Å². The Morgan fingerprint density at radius 1 is 0.828 bits per heavy atom. The van der Waals surface area contributed by atoms with Crippen LogP contribution in [0.2, 0.25) is 0 Å². The maximum Gasteiger partial charge on any atom is 0.123 e. The molecule has 0 N–H and O–H groups in total. The zero-order chi connectivity index (χ0) is 19.9. The molecule has 0 radical (unpaired) electrons. The van der Waals surface area contributed by atoms with Crippen LogP contribution in [0.25, 0.3) is 6.08 Å². The maximum atomic E-state index is 13.4. The van der Waals surface area contributed by atoms with Gasteiger partial charge in [-0.05, 0) is 41.3 Å². The van der Waals surface area contributed by atoms with Crippen molar-refractivity contribution in [2.45, 2.75) is 18.9 Å². The van der Waals surface area contributed by atoms with E-state index < -0.39 is 0 Å². The minimum atomic E-state index is -0.207. The van der Waals surface area contributed by atoms with Gasteiger partial charge in [0.1, 0.15) is 5.82 Å². The molecular formula is C26H23FN2. The average Bonchev–Trinajstić information content (AvgIpc) is 3.20. The molecule has 3 heteroatoms. The average molecular weight is 382 g/mol. The van der Waals surface area contributed by atoms with E-state index in [0.717, 1.165) is 24.2 Å². The second kappa shape index (κ2) is 9.16. The smallest absolute Gasteiger partial charge is 0.123 e. The van der Waals surface area contributed by atoms with Crippen molar-refractivity contribution >= 4 is 6.08 Å². The number of allylic oxidation sites excluding steroid dienone is 1. The third-order valence-electron chi connectivity index (χ3n) is 5.07. The zero-order valence-corrected chi connectivity index (χ0v) is 16.2. The molecule has 29 heavy (non-hydrogen) atoms. The van der Waals surface area contributed by atoms with Crippen molar-refractivity contribution in [2.75, 3.05) is 0 Å². The van der Waals surface area contributed by atoms with Gasteiger partial charge in [-0.15, -0.1) is 0 Å². The highest BCUT2D eigenvalue weighted by Crippen LogP contribution is 2.29. The van der Waals surface area contributed by atoms with Gasteiger partial charge in [0, 0.05) is 12.5 Å². The number of rotatable bonds is 7. The first-order chi connectivity index (χ1) is 14.3. The fraction of sp³-hybridized carbons (Fsp3) is 0.115. The van der Waals surface area contributed by atoms with Gasteiger partial charge >= 0.3 is 0 Å². The molecule has 0 saturated carbocycles. The minimum absolute atomic E-state index is 0.179. The first-order valence-corrected chi connectivity index (χ1v) is 9.80. The molecule has 4 aromatic rings. The first kappa shape index (κ1) is 18.9. The number of nitrogens with zero attached hydrogens (tertiary/aromatic N) is 2. The molecule has 0 aliphatic rings. The summed E-state index contributed by atoms with van der Waals surface area (Å²) in [6.45, 7) is 0.792. The van der Waals surface area contributed by atoms with Crippen LogP contribution in [0.15, 0.2) is 104 Å². The van der Waals surface area contributed by atoms with Gasteiger partial charge in [0.05, 0.1) is 18.2 Å². The maximum absolute atomic E-state index is 13.4. The lowest BCUT2D eigenvalue weighted by Crippen LogP contribution is -2.01. The van der Waals surface area contributed by atoms with Crippen molar-refractivity contribution in [1.29, 1.82) is 0 Å². The highest BCUT2D eigenvalue weighted by atomic mass is 19.1. The predicted octanol–water partition coefficient (Wildman–Crippen LogP) is 6.31. The molecule has 144 valence electrons. The Kier molecular flexibility index (Phi) is 5.96. The SMILES string of the molecule is Fc1ccc(C(C/C=C/c2cncn2Cc2ccccc2)c2ccccc2)cc1. The molecule has 0 fully saturated rings. The Morgan fingerprint density at radius 2 is 1.48 bits per heavy atom. The second-order valence-electron chi connectivity index (χ2n) is 7.08. The van der Waals surface area contributed by atoms with Gasteiger partial charge in [0.15, 0.2) is 0 Å². The van der Waals surface area contributed by atoms with Crippen molar-refractivity contribution in [1.82, 2.24) is 9.55 Å². The second-order valence-corrected chi connectivity index (χ2v) is 7.08. The van der Waals surface area contributed by atoms with Gasteiger partial charge in [-0.25, -0.2) is 9.37 Å². The van der Waals surface area contributed by atoms with Crippen molar-refractivity contribution in [3.05, 3.63) is 132 Å². The molecule has 1 unspecified atom stereocenters. The molecule has 0 amide bonds. The summed E-state index contributed by atoms with van der Waals surface area (Å²) in [5.41, 5.74) is 4.65. The van der Waals surface area contributed by atoms with Crippen LogP contribution in [0, 0.1) is 5.82 Å². The lowest BCUT2D eigenvalue weighted by atomic mass is 9.88. The third kappa shape index (κ3) is 4.88. The van der Waals surface area contributed by atoms with Gasteiger partial charge in [-0.2, -0.15) is 0 Å². The Hall–Kier alpha value is -3.46. The quantitative estimate of drug-likeness (QED) is 0.366. The summed E-state index contributed by atoms with van der Waals surface area (Å²) in [4.78, 5) is 4.31. The van der Waals surface area contributed by atoms with Gasteiger partial charge in [-0.1, -0.05) is 78.9 Å². The van der Waals surface area contributed by atoms with Crippen LogP contribution in [0.3, 0.4) is 0 Å². The van der Waals surface area contributed by atoms with E-state index in [1.165, 1.54) is 23.3 Å². The summed E-state index contributed by atoms with van der Waals surface area (Å²) in [7, 11) is 0. The molecule has 1 aromatic heterocycles. The Balaban J connectivity index is 1.53. The molecule has 3 aromatic carbocycles. The Morgan fingerprint density at radius 3 is 2.21 bits per heavy atom. The van der Waals surface area contributed by atoms with Crippen LogP contribution in [0.1, 0.15) is 34.7 Å². The van der Waals surface area contributed by atoms with Crippen LogP contribution in [-0.4, -0.2) is 9.55 Å². The third-order valence-corrected chi connectivity index (χ3v) is 5.07. The molecule has 0 saturated heterocycles. The van der Waals surface area contributed by atoms with E-state index in [-0.39, 0.29) is 11.7 Å². The molecule has 0 spiro atoms. The molecule has 1 atom stereocenters. The van der Waals surface area contributed by atoms with Gasteiger partial charge < -0.3 is 4.57 Å². The van der Waals surface area contributed by atoms with E-state index in [0.29, 0.717) is 0 Å². The summed E-state index contributed by atoms with van der Waals surface area (Å²) < 4.78 is 15.5. The van der Waals surface area contributed by atoms with E-state index in [9.17, 15) is 4.39 Å². The normalized spacial score (nSPS) is 12.3. The number of aromatic nitrogens is 2. The number of halogens is 1. The topological polar surface area (TPSA) is 17.8 Å². The molecular weight excluding hydrogens is 359 g/mol. The van der Waals surface area contributed by atoms with Crippen molar-refractivity contribution in [3.8, 4) is 0 Å². The van der Waals surface area contributed by atoms with Crippen molar-refractivity contribution in [2.24, 2.45) is 0 Å². The predicted molar refractivity (Wildman–Crippen MR) is 116 cm³/mol. The Labute approximate surface area is 171 Å². The van der Waals surface area contributed by atoms with Crippen LogP contribution < -0.4 is 0 Å². The van der Waals surface area contributed by atoms with Gasteiger partial charge in [-0.3, -0.25) is 0 Å². The number of hydrogen-bond acceptors (Lipinski definition) is 1. The van der Waals surface area contributed by atoms with Crippen molar-refractivity contribution in [3.63, 3.8) is 0 Å². The van der Waals surface area contributed by atoms with Gasteiger partial charge in [0.2, 0.25) is 0 Å². The van der Waals surface area contributed by atoms with E-state index >= 15 is 0 Å². The molecule has 0 bridgehead atoms. The molecule has 0 aliphatic heterocycles. The standard InChI is InChI=1S/C26H23FN2/c27-24-16-14-23(15-17-24)26(22-10-5-2-6-11-22)13-7-12-25-18-28-20-29(25)19-21-8-3-1-4-9-21/h1-12,14-18,20,26H,13,19H2/b12-7+. The van der Waals surface area contributed by atoms with Crippen LogP contribution in [0.4, 0.5) is 4.39 Å². The van der Waals surface area contributed by atoms with Crippen LogP contribution >= 0.6 is 0 Å².